The number of hydrogen-bond donors (Lipinski definition) is 1. The Bertz CT molecular complexity index is 1520. The summed E-state index contributed by atoms with van der Waals surface area (Å²) in [6, 6.07) is 26.9. The zero-order valence-electron chi connectivity index (χ0n) is 19.3. The summed E-state index contributed by atoms with van der Waals surface area (Å²) in [5.41, 5.74) is 3.85. The molecule has 0 fully saturated rings. The lowest BCUT2D eigenvalue weighted by Gasteiger charge is -2.13. The van der Waals surface area contributed by atoms with Crippen molar-refractivity contribution in [2.45, 2.75) is 6.42 Å². The zero-order chi connectivity index (χ0) is 24.9. The Morgan fingerprint density at radius 1 is 0.806 bits per heavy atom. The molecule has 0 unspecified atom stereocenters. The fraction of sp³-hybridized carbons (Fsp3) is 0.0667. The van der Waals surface area contributed by atoms with Gasteiger partial charge in [-0.2, -0.15) is 0 Å². The highest BCUT2D eigenvalue weighted by Crippen LogP contribution is 2.25. The Kier molecular flexibility index (Phi) is 6.37. The lowest BCUT2D eigenvalue weighted by Crippen LogP contribution is -2.31. The molecule has 5 rings (SSSR count). The predicted molar refractivity (Wildman–Crippen MR) is 137 cm³/mol. The van der Waals surface area contributed by atoms with Crippen LogP contribution in [0.1, 0.15) is 47.9 Å². The molecule has 4 aromatic rings. The Morgan fingerprint density at radius 3 is 2.42 bits per heavy atom. The third-order valence-corrected chi connectivity index (χ3v) is 5.82. The number of anilines is 1. The summed E-state index contributed by atoms with van der Waals surface area (Å²) in [4.78, 5) is 44.1. The molecule has 0 saturated carbocycles. The second kappa shape index (κ2) is 10.1. The highest BCUT2D eigenvalue weighted by Gasteiger charge is 2.35. The number of fused-ring (bicyclic) bond motifs is 1. The maximum Gasteiger partial charge on any atom is 0.261 e. The van der Waals surface area contributed by atoms with Gasteiger partial charge in [0, 0.05) is 29.6 Å². The smallest absolute Gasteiger partial charge is 0.261 e. The third-order valence-electron chi connectivity index (χ3n) is 5.82. The van der Waals surface area contributed by atoms with Crippen LogP contribution in [0.5, 0.6) is 0 Å². The summed E-state index contributed by atoms with van der Waals surface area (Å²) in [7, 11) is 0. The summed E-state index contributed by atoms with van der Waals surface area (Å²) in [6.07, 6.45) is 2.25. The Morgan fingerprint density at radius 2 is 1.61 bits per heavy atom. The molecule has 6 nitrogen and oxygen atoms in total. The molecule has 3 amide bonds. The number of imide groups is 1. The minimum absolute atomic E-state index is 0.246. The largest absolute Gasteiger partial charge is 0.322 e. The van der Waals surface area contributed by atoms with Gasteiger partial charge in [-0.05, 0) is 66.4 Å². The van der Waals surface area contributed by atoms with Gasteiger partial charge in [0.25, 0.3) is 17.7 Å². The summed E-state index contributed by atoms with van der Waals surface area (Å²) in [5, 5.41) is 2.84. The molecule has 0 aliphatic carbocycles. The first-order chi connectivity index (χ1) is 17.6. The number of amides is 3. The number of nitrogens with zero attached hydrogens (tertiary/aromatic N) is 2. The average Bonchev–Trinajstić information content (AvgIpc) is 3.16. The molecule has 1 aliphatic rings. The van der Waals surface area contributed by atoms with Gasteiger partial charge in [0.05, 0.1) is 11.1 Å². The van der Waals surface area contributed by atoms with Crippen LogP contribution in [0.25, 0.3) is 0 Å². The van der Waals surface area contributed by atoms with E-state index in [4.69, 9.17) is 0 Å². The molecule has 0 spiro atoms. The van der Waals surface area contributed by atoms with Gasteiger partial charge in [-0.15, -0.1) is 0 Å². The number of aromatic nitrogens is 1. The summed E-state index contributed by atoms with van der Waals surface area (Å²) >= 11 is 0. The van der Waals surface area contributed by atoms with Crippen molar-refractivity contribution in [3.63, 3.8) is 0 Å². The molecule has 0 saturated heterocycles. The number of nitrogens with one attached hydrogen (secondary N) is 1. The number of benzene rings is 3. The highest BCUT2D eigenvalue weighted by atomic mass is 16.2. The van der Waals surface area contributed by atoms with E-state index in [1.807, 2.05) is 54.6 Å². The molecule has 0 radical (unpaired) electrons. The molecular formula is C30H21N3O3. The molecule has 0 atom stereocenters. The van der Waals surface area contributed by atoms with Gasteiger partial charge in [-0.25, -0.2) is 4.98 Å². The fourth-order valence-electron chi connectivity index (χ4n) is 3.97. The highest BCUT2D eigenvalue weighted by molar-refractivity contribution is 6.22. The van der Waals surface area contributed by atoms with Crippen molar-refractivity contribution in [1.29, 1.82) is 0 Å². The number of hydrogen-bond acceptors (Lipinski definition) is 4. The van der Waals surface area contributed by atoms with Crippen LogP contribution in [0, 0.1) is 11.8 Å². The third kappa shape index (κ3) is 4.91. The minimum Gasteiger partial charge on any atom is -0.322 e. The number of carbonyl (C=O) groups excluding carboxylic acids is 3. The molecule has 1 aromatic heterocycles. The second-order valence-electron chi connectivity index (χ2n) is 8.26. The van der Waals surface area contributed by atoms with Crippen molar-refractivity contribution < 1.29 is 14.4 Å². The fourth-order valence-corrected chi connectivity index (χ4v) is 3.97. The summed E-state index contributed by atoms with van der Waals surface area (Å²) < 4.78 is 0. The Balaban J connectivity index is 1.29. The van der Waals surface area contributed by atoms with Crippen LogP contribution in [-0.2, 0) is 6.42 Å². The SMILES string of the molecule is O=C(Nc1cccc(C#Cc2ccccn2)c1)c1ccc2c(c1)C(=O)N(CCc1ccccc1)C2=O. The van der Waals surface area contributed by atoms with E-state index in [0.29, 0.717) is 28.9 Å². The molecular weight excluding hydrogens is 450 g/mol. The molecule has 1 aliphatic heterocycles. The maximum absolute atomic E-state index is 12.9. The second-order valence-corrected chi connectivity index (χ2v) is 8.26. The van der Waals surface area contributed by atoms with Crippen LogP contribution in [0.2, 0.25) is 0 Å². The van der Waals surface area contributed by atoms with Crippen molar-refractivity contribution in [2.24, 2.45) is 0 Å². The van der Waals surface area contributed by atoms with Gasteiger partial charge in [-0.1, -0.05) is 48.4 Å². The van der Waals surface area contributed by atoms with Gasteiger partial charge in [0.2, 0.25) is 0 Å². The van der Waals surface area contributed by atoms with E-state index in [1.54, 1.807) is 36.5 Å². The van der Waals surface area contributed by atoms with E-state index < -0.39 is 0 Å². The van der Waals surface area contributed by atoms with E-state index >= 15 is 0 Å². The van der Waals surface area contributed by atoms with Crippen LogP contribution in [0.3, 0.4) is 0 Å². The zero-order valence-corrected chi connectivity index (χ0v) is 19.3. The van der Waals surface area contributed by atoms with Crippen LogP contribution in [0.4, 0.5) is 5.69 Å². The topological polar surface area (TPSA) is 79.4 Å². The Hall–Kier alpha value is -5.02. The first-order valence-corrected chi connectivity index (χ1v) is 11.5. The van der Waals surface area contributed by atoms with Gasteiger partial charge >= 0.3 is 0 Å². The van der Waals surface area contributed by atoms with Crippen LogP contribution < -0.4 is 5.32 Å². The normalized spacial score (nSPS) is 12.1. The lowest BCUT2D eigenvalue weighted by atomic mass is 10.1. The van der Waals surface area contributed by atoms with E-state index in [1.165, 1.54) is 11.0 Å². The average molecular weight is 472 g/mol. The number of carbonyl (C=O) groups is 3. The van der Waals surface area contributed by atoms with Gasteiger partial charge < -0.3 is 5.32 Å². The van der Waals surface area contributed by atoms with Crippen LogP contribution in [0.15, 0.2) is 97.2 Å². The molecule has 36 heavy (non-hydrogen) atoms. The van der Waals surface area contributed by atoms with E-state index in [9.17, 15) is 14.4 Å². The summed E-state index contributed by atoms with van der Waals surface area (Å²) in [5.74, 6) is 4.93. The maximum atomic E-state index is 12.9. The van der Waals surface area contributed by atoms with Crippen molar-refractivity contribution in [1.82, 2.24) is 9.88 Å². The van der Waals surface area contributed by atoms with Crippen molar-refractivity contribution in [3.05, 3.63) is 131 Å². The van der Waals surface area contributed by atoms with Crippen molar-refractivity contribution >= 4 is 23.4 Å². The van der Waals surface area contributed by atoms with Gasteiger partial charge in [-0.3, -0.25) is 19.3 Å². The summed E-state index contributed by atoms with van der Waals surface area (Å²) in [6.45, 7) is 0.282. The van der Waals surface area contributed by atoms with Crippen LogP contribution in [-0.4, -0.2) is 34.2 Å². The van der Waals surface area contributed by atoms with Crippen molar-refractivity contribution in [2.75, 3.05) is 11.9 Å². The van der Waals surface area contributed by atoms with Gasteiger partial charge in [0.1, 0.15) is 5.69 Å². The predicted octanol–water partition coefficient (Wildman–Crippen LogP) is 4.57. The van der Waals surface area contributed by atoms with Crippen LogP contribution >= 0.6 is 0 Å². The quantitative estimate of drug-likeness (QED) is 0.342. The standard InChI is InChI=1S/C30H21N3O3/c34-28(32-25-11-6-9-22(19-25)12-14-24-10-4-5-17-31-24)23-13-15-26-27(20-23)30(36)33(29(26)35)18-16-21-7-2-1-3-8-21/h1-11,13,15,17,19-20H,16,18H2,(H,32,34). The number of rotatable bonds is 5. The van der Waals surface area contributed by atoms with E-state index in [0.717, 1.165) is 11.1 Å². The molecule has 174 valence electrons. The molecule has 6 heteroatoms. The molecule has 3 aromatic carbocycles. The monoisotopic (exact) mass is 471 g/mol. The van der Waals surface area contributed by atoms with Crippen molar-refractivity contribution in [3.8, 4) is 11.8 Å². The first kappa shape index (κ1) is 22.8. The van der Waals surface area contributed by atoms with Gasteiger partial charge in [0.15, 0.2) is 0 Å². The Labute approximate surface area is 208 Å². The lowest BCUT2D eigenvalue weighted by molar-refractivity contribution is 0.0656. The first-order valence-electron chi connectivity index (χ1n) is 11.5. The number of pyridine rings is 1. The minimum atomic E-state index is -0.382. The molecule has 0 bridgehead atoms. The van der Waals surface area contributed by atoms with E-state index in [-0.39, 0.29) is 29.8 Å². The molecule has 2 heterocycles. The molecule has 1 N–H and O–H groups in total. The van der Waals surface area contributed by atoms with E-state index in [2.05, 4.69) is 22.1 Å².